The van der Waals surface area contributed by atoms with E-state index in [1.165, 1.54) is 49.0 Å². The second-order valence-corrected chi connectivity index (χ2v) is 6.61. The molecule has 1 atom stereocenters. The Hall–Kier alpha value is -1.80. The van der Waals surface area contributed by atoms with Crippen molar-refractivity contribution >= 4 is 5.69 Å². The second kappa shape index (κ2) is 11.0. The molecule has 0 radical (unpaired) electrons. The first kappa shape index (κ1) is 20.5. The largest absolute Gasteiger partial charge is 0.366 e. The van der Waals surface area contributed by atoms with Gasteiger partial charge in [0.05, 0.1) is 0 Å². The third-order valence-electron chi connectivity index (χ3n) is 5.14. The van der Waals surface area contributed by atoms with Crippen LogP contribution in [0.15, 0.2) is 54.6 Å². The van der Waals surface area contributed by atoms with Crippen LogP contribution in [0.2, 0.25) is 0 Å². The minimum Gasteiger partial charge on any atom is -0.366 e. The summed E-state index contributed by atoms with van der Waals surface area (Å²) in [6.07, 6.45) is 4.98. The summed E-state index contributed by atoms with van der Waals surface area (Å²) in [6, 6.07) is 21.1. The fraction of sp³-hybridized carbons (Fsp3) is 0.500. The molecule has 1 heterocycles. The Kier molecular flexibility index (Phi) is 8.70. The lowest BCUT2D eigenvalue weighted by molar-refractivity contribution is 0.530. The standard InChI is InChI=1S/C20H24N2.2C2H6/c1-2-10-19(11-3-1)22(15-18-9-6-12-21-18)20-13-16-7-4-5-8-17(16)14-20;2*1-2/h1-5,7-8,10-11,18,20-21H,6,9,12-15H2;2*1-2H3. The van der Waals surface area contributed by atoms with E-state index in [2.05, 4.69) is 64.8 Å². The van der Waals surface area contributed by atoms with Gasteiger partial charge in [-0.1, -0.05) is 70.2 Å². The zero-order valence-electron chi connectivity index (χ0n) is 17.0. The van der Waals surface area contributed by atoms with Gasteiger partial charge in [0.1, 0.15) is 0 Å². The maximum Gasteiger partial charge on any atom is 0.0371 e. The van der Waals surface area contributed by atoms with Gasteiger partial charge in [-0.15, -0.1) is 0 Å². The van der Waals surface area contributed by atoms with Gasteiger partial charge in [0.2, 0.25) is 0 Å². The number of nitrogens with zero attached hydrogens (tertiary/aromatic N) is 1. The normalized spacial score (nSPS) is 18.2. The summed E-state index contributed by atoms with van der Waals surface area (Å²) in [5, 5.41) is 3.66. The van der Waals surface area contributed by atoms with E-state index in [0.717, 1.165) is 6.54 Å². The number of para-hydroxylation sites is 1. The average Bonchev–Trinajstić information content (AvgIpc) is 3.39. The van der Waals surface area contributed by atoms with Crippen molar-refractivity contribution in [1.29, 1.82) is 0 Å². The van der Waals surface area contributed by atoms with Crippen LogP contribution < -0.4 is 10.2 Å². The molecule has 0 aromatic heterocycles. The maximum atomic E-state index is 3.66. The van der Waals surface area contributed by atoms with Crippen molar-refractivity contribution in [2.24, 2.45) is 0 Å². The lowest BCUT2D eigenvalue weighted by Crippen LogP contribution is -2.44. The topological polar surface area (TPSA) is 15.3 Å². The van der Waals surface area contributed by atoms with Gasteiger partial charge < -0.3 is 10.2 Å². The van der Waals surface area contributed by atoms with Gasteiger partial charge in [0.15, 0.2) is 0 Å². The van der Waals surface area contributed by atoms with E-state index in [0.29, 0.717) is 12.1 Å². The zero-order chi connectivity index (χ0) is 18.8. The molecule has 2 heteroatoms. The smallest absolute Gasteiger partial charge is 0.0371 e. The highest BCUT2D eigenvalue weighted by Gasteiger charge is 2.29. The predicted octanol–water partition coefficient (Wildman–Crippen LogP) is 5.46. The van der Waals surface area contributed by atoms with Crippen LogP contribution in [-0.2, 0) is 12.8 Å². The van der Waals surface area contributed by atoms with Crippen molar-refractivity contribution in [3.8, 4) is 0 Å². The van der Waals surface area contributed by atoms with Crippen LogP contribution in [0.3, 0.4) is 0 Å². The van der Waals surface area contributed by atoms with Gasteiger partial charge in [-0.05, 0) is 55.5 Å². The lowest BCUT2D eigenvalue weighted by Gasteiger charge is -2.33. The molecule has 4 rings (SSSR count). The van der Waals surface area contributed by atoms with Crippen LogP contribution in [0.4, 0.5) is 5.69 Å². The van der Waals surface area contributed by atoms with Crippen LogP contribution in [0.1, 0.15) is 51.7 Å². The number of fused-ring (bicyclic) bond motifs is 1. The molecule has 2 aromatic rings. The molecule has 0 bridgehead atoms. The minimum absolute atomic E-state index is 0.599. The van der Waals surface area contributed by atoms with Crippen LogP contribution in [0, 0.1) is 0 Å². The van der Waals surface area contributed by atoms with Gasteiger partial charge in [-0.2, -0.15) is 0 Å². The third-order valence-corrected chi connectivity index (χ3v) is 5.14. The minimum atomic E-state index is 0.599. The molecule has 1 saturated heterocycles. The first-order chi connectivity index (χ1) is 12.9. The van der Waals surface area contributed by atoms with Crippen molar-refractivity contribution in [3.05, 3.63) is 65.7 Å². The molecule has 0 saturated carbocycles. The zero-order valence-corrected chi connectivity index (χ0v) is 17.0. The third kappa shape index (κ3) is 5.11. The molecule has 26 heavy (non-hydrogen) atoms. The highest BCUT2D eigenvalue weighted by Crippen LogP contribution is 2.29. The number of rotatable bonds is 4. The second-order valence-electron chi connectivity index (χ2n) is 6.61. The summed E-state index contributed by atoms with van der Waals surface area (Å²) >= 11 is 0. The summed E-state index contributed by atoms with van der Waals surface area (Å²) in [5.74, 6) is 0. The Labute approximate surface area is 160 Å². The monoisotopic (exact) mass is 352 g/mol. The van der Waals surface area contributed by atoms with Crippen LogP contribution >= 0.6 is 0 Å². The molecule has 2 aromatic carbocycles. The molecule has 0 spiro atoms. The number of nitrogens with one attached hydrogen (secondary N) is 1. The number of anilines is 1. The molecule has 2 nitrogen and oxygen atoms in total. The molecule has 2 aliphatic rings. The fourth-order valence-electron chi connectivity index (χ4n) is 3.99. The average molecular weight is 353 g/mol. The van der Waals surface area contributed by atoms with Crippen molar-refractivity contribution in [3.63, 3.8) is 0 Å². The van der Waals surface area contributed by atoms with Crippen LogP contribution in [-0.4, -0.2) is 25.2 Å². The predicted molar refractivity (Wildman–Crippen MR) is 115 cm³/mol. The summed E-state index contributed by atoms with van der Waals surface area (Å²) in [5.41, 5.74) is 4.44. The number of hydrogen-bond donors (Lipinski definition) is 1. The van der Waals surface area contributed by atoms with E-state index in [-0.39, 0.29) is 0 Å². The highest BCUT2D eigenvalue weighted by molar-refractivity contribution is 5.50. The Bertz CT molecular complexity index is 592. The van der Waals surface area contributed by atoms with Gasteiger partial charge in [-0.3, -0.25) is 0 Å². The summed E-state index contributed by atoms with van der Waals surface area (Å²) in [6.45, 7) is 10.3. The maximum absolute atomic E-state index is 3.66. The molecule has 1 fully saturated rings. The van der Waals surface area contributed by atoms with Crippen molar-refractivity contribution in [2.75, 3.05) is 18.0 Å². The van der Waals surface area contributed by atoms with E-state index in [4.69, 9.17) is 0 Å². The Morgan fingerprint density at radius 1 is 0.846 bits per heavy atom. The molecule has 1 N–H and O–H groups in total. The molecular formula is C24H36N2. The Morgan fingerprint density at radius 2 is 1.42 bits per heavy atom. The van der Waals surface area contributed by atoms with Gasteiger partial charge in [0, 0.05) is 24.3 Å². The summed E-state index contributed by atoms with van der Waals surface area (Å²) < 4.78 is 0. The fourth-order valence-corrected chi connectivity index (χ4v) is 3.99. The van der Waals surface area contributed by atoms with E-state index in [1.807, 2.05) is 27.7 Å². The van der Waals surface area contributed by atoms with Crippen molar-refractivity contribution in [1.82, 2.24) is 5.32 Å². The molecule has 0 amide bonds. The van der Waals surface area contributed by atoms with E-state index in [9.17, 15) is 0 Å². The van der Waals surface area contributed by atoms with E-state index >= 15 is 0 Å². The van der Waals surface area contributed by atoms with Crippen LogP contribution in [0.25, 0.3) is 0 Å². The SMILES string of the molecule is CC.CC.c1ccc(N(CC2CCCN2)C2Cc3ccccc3C2)cc1. The van der Waals surface area contributed by atoms with Gasteiger partial charge in [-0.25, -0.2) is 0 Å². The first-order valence-corrected chi connectivity index (χ1v) is 10.5. The van der Waals surface area contributed by atoms with E-state index in [1.54, 1.807) is 0 Å². The van der Waals surface area contributed by atoms with Gasteiger partial charge >= 0.3 is 0 Å². The lowest BCUT2D eigenvalue weighted by atomic mass is 10.1. The van der Waals surface area contributed by atoms with Crippen molar-refractivity contribution in [2.45, 2.75) is 65.5 Å². The summed E-state index contributed by atoms with van der Waals surface area (Å²) in [7, 11) is 0. The number of hydrogen-bond acceptors (Lipinski definition) is 2. The molecule has 142 valence electrons. The molecule has 1 aliphatic heterocycles. The van der Waals surface area contributed by atoms with E-state index < -0.39 is 0 Å². The number of benzene rings is 2. The highest BCUT2D eigenvalue weighted by atomic mass is 15.2. The molecule has 1 aliphatic carbocycles. The van der Waals surface area contributed by atoms with Crippen LogP contribution in [0.5, 0.6) is 0 Å². The molecular weight excluding hydrogens is 316 g/mol. The summed E-state index contributed by atoms with van der Waals surface area (Å²) in [4.78, 5) is 2.64. The quantitative estimate of drug-likeness (QED) is 0.785. The Morgan fingerprint density at radius 3 is 1.96 bits per heavy atom. The van der Waals surface area contributed by atoms with Crippen molar-refractivity contribution < 1.29 is 0 Å². The van der Waals surface area contributed by atoms with Gasteiger partial charge in [0.25, 0.3) is 0 Å². The first-order valence-electron chi connectivity index (χ1n) is 10.5. The molecule has 1 unspecified atom stereocenters. The Balaban J connectivity index is 0.000000570.